The maximum Gasteiger partial charge on any atom is 0.322 e. The fraction of sp³-hybridized carbons (Fsp3) is 0.211. The van der Waals surface area contributed by atoms with Gasteiger partial charge in [0, 0.05) is 5.02 Å². The van der Waals surface area contributed by atoms with Crippen molar-refractivity contribution in [1.82, 2.24) is 10.2 Å². The lowest BCUT2D eigenvalue weighted by Crippen LogP contribution is -2.20. The molecule has 3 aromatic rings. The van der Waals surface area contributed by atoms with Gasteiger partial charge in [-0.1, -0.05) is 52.1 Å². The third-order valence-corrected chi connectivity index (χ3v) is 4.34. The molecule has 2 aromatic carbocycles. The van der Waals surface area contributed by atoms with E-state index in [0.29, 0.717) is 28.1 Å². The summed E-state index contributed by atoms with van der Waals surface area (Å²) in [5.74, 6) is 0.332. The summed E-state index contributed by atoms with van der Waals surface area (Å²) in [7, 11) is 0. The lowest BCUT2D eigenvalue weighted by molar-refractivity contribution is -0.118. The van der Waals surface area contributed by atoms with Gasteiger partial charge in [0.2, 0.25) is 5.89 Å². The first kappa shape index (κ1) is 19.2. The van der Waals surface area contributed by atoms with Crippen molar-refractivity contribution in [2.75, 3.05) is 11.9 Å². The van der Waals surface area contributed by atoms with Crippen LogP contribution in [0.15, 0.2) is 40.8 Å². The maximum atomic E-state index is 12.0. The molecular formula is C19H17Cl2N3O3. The van der Waals surface area contributed by atoms with Gasteiger partial charge in [0.05, 0.1) is 11.4 Å². The quantitative estimate of drug-likeness (QED) is 0.647. The topological polar surface area (TPSA) is 77.2 Å². The molecule has 0 fully saturated rings. The maximum absolute atomic E-state index is 12.0. The number of benzene rings is 2. The Morgan fingerprint density at radius 3 is 2.70 bits per heavy atom. The van der Waals surface area contributed by atoms with Crippen molar-refractivity contribution in [3.8, 4) is 5.75 Å². The Kier molecular flexibility index (Phi) is 5.98. The number of rotatable bonds is 6. The smallest absolute Gasteiger partial charge is 0.322 e. The Bertz CT molecular complexity index is 973. The van der Waals surface area contributed by atoms with Crippen LogP contribution in [0.1, 0.15) is 22.6 Å². The molecule has 3 rings (SSSR count). The van der Waals surface area contributed by atoms with Crippen LogP contribution in [-0.2, 0) is 11.2 Å². The highest BCUT2D eigenvalue weighted by atomic mass is 35.5. The molecule has 1 N–H and O–H groups in total. The molecule has 27 heavy (non-hydrogen) atoms. The van der Waals surface area contributed by atoms with Gasteiger partial charge < -0.3 is 9.15 Å². The number of amides is 1. The van der Waals surface area contributed by atoms with Crippen LogP contribution in [0.3, 0.4) is 0 Å². The molecule has 0 saturated heterocycles. The number of nitrogens with one attached hydrogen (secondary N) is 1. The predicted molar refractivity (Wildman–Crippen MR) is 104 cm³/mol. The van der Waals surface area contributed by atoms with Crippen molar-refractivity contribution < 1.29 is 13.9 Å². The first-order valence-corrected chi connectivity index (χ1v) is 8.92. The highest BCUT2D eigenvalue weighted by molar-refractivity contribution is 6.35. The molecule has 6 nitrogen and oxygen atoms in total. The second kappa shape index (κ2) is 8.41. The zero-order chi connectivity index (χ0) is 19.4. The van der Waals surface area contributed by atoms with E-state index in [-0.39, 0.29) is 12.6 Å². The third-order valence-electron chi connectivity index (χ3n) is 3.81. The predicted octanol–water partition coefficient (Wildman–Crippen LogP) is 4.60. The highest BCUT2D eigenvalue weighted by Crippen LogP contribution is 2.27. The molecule has 0 unspecified atom stereocenters. The van der Waals surface area contributed by atoms with Gasteiger partial charge in [-0.05, 0) is 43.2 Å². The van der Waals surface area contributed by atoms with Crippen LogP contribution in [0.25, 0.3) is 0 Å². The number of hydrogen-bond donors (Lipinski definition) is 1. The van der Waals surface area contributed by atoms with Crippen LogP contribution >= 0.6 is 23.2 Å². The second-order valence-corrected chi connectivity index (χ2v) is 6.86. The number of ether oxygens (including phenoxy) is 1. The Morgan fingerprint density at radius 1 is 1.15 bits per heavy atom. The van der Waals surface area contributed by atoms with Crippen molar-refractivity contribution in [2.24, 2.45) is 0 Å². The number of aromatic nitrogens is 2. The zero-order valence-corrected chi connectivity index (χ0v) is 16.3. The van der Waals surface area contributed by atoms with Crippen LogP contribution in [0.5, 0.6) is 5.75 Å². The molecule has 0 aliphatic carbocycles. The van der Waals surface area contributed by atoms with Gasteiger partial charge in [-0.2, -0.15) is 0 Å². The number of halogens is 2. The van der Waals surface area contributed by atoms with E-state index in [9.17, 15) is 4.79 Å². The van der Waals surface area contributed by atoms with Crippen LogP contribution in [0, 0.1) is 13.8 Å². The Morgan fingerprint density at radius 2 is 1.96 bits per heavy atom. The van der Waals surface area contributed by atoms with Crippen LogP contribution in [0.4, 0.5) is 6.01 Å². The number of carbonyl (C=O) groups excluding carboxylic acids is 1. The molecule has 1 heterocycles. The summed E-state index contributed by atoms with van der Waals surface area (Å²) < 4.78 is 10.8. The Hall–Kier alpha value is -2.57. The van der Waals surface area contributed by atoms with Crippen LogP contribution < -0.4 is 10.1 Å². The lowest BCUT2D eigenvalue weighted by atomic mass is 10.0. The fourth-order valence-corrected chi connectivity index (χ4v) is 2.94. The van der Waals surface area contributed by atoms with Crippen molar-refractivity contribution in [1.29, 1.82) is 0 Å². The number of carbonyl (C=O) groups is 1. The van der Waals surface area contributed by atoms with Crippen LogP contribution in [-0.4, -0.2) is 22.7 Å². The summed E-state index contributed by atoms with van der Waals surface area (Å²) in [4.78, 5) is 12.0. The van der Waals surface area contributed by atoms with Gasteiger partial charge in [0.25, 0.3) is 5.91 Å². The second-order valence-electron chi connectivity index (χ2n) is 6.02. The zero-order valence-electron chi connectivity index (χ0n) is 14.8. The number of nitrogens with zero attached hydrogens (tertiary/aromatic N) is 2. The molecule has 0 saturated carbocycles. The summed E-state index contributed by atoms with van der Waals surface area (Å²) in [5, 5.41) is 11.1. The van der Waals surface area contributed by atoms with E-state index in [1.165, 1.54) is 11.6 Å². The third kappa shape index (κ3) is 5.21. The average molecular weight is 406 g/mol. The molecule has 1 aromatic heterocycles. The van der Waals surface area contributed by atoms with Crippen molar-refractivity contribution in [3.05, 3.63) is 69.0 Å². The molecule has 0 atom stereocenters. The number of hydrogen-bond acceptors (Lipinski definition) is 5. The molecule has 1 amide bonds. The van der Waals surface area contributed by atoms with Gasteiger partial charge in [-0.15, -0.1) is 5.10 Å². The Balaban J connectivity index is 1.56. The van der Waals surface area contributed by atoms with E-state index in [1.54, 1.807) is 12.1 Å². The van der Waals surface area contributed by atoms with E-state index >= 15 is 0 Å². The molecule has 140 valence electrons. The van der Waals surface area contributed by atoms with E-state index in [2.05, 4.69) is 21.6 Å². The molecule has 0 aliphatic rings. The minimum absolute atomic E-state index is 0.0190. The van der Waals surface area contributed by atoms with E-state index in [1.807, 2.05) is 26.0 Å². The molecule has 0 bridgehead atoms. The molecular weight excluding hydrogens is 389 g/mol. The van der Waals surface area contributed by atoms with Crippen molar-refractivity contribution in [2.45, 2.75) is 20.3 Å². The number of aryl methyl sites for hydroxylation is 2. The SMILES string of the molecule is Cc1ccc(Cc2nnc(NC(=O)COc3ccc(Cl)cc3Cl)o2)c(C)c1. The molecule has 0 spiro atoms. The van der Waals surface area contributed by atoms with Gasteiger partial charge in [0.15, 0.2) is 6.61 Å². The van der Waals surface area contributed by atoms with Crippen molar-refractivity contribution >= 4 is 35.1 Å². The molecule has 8 heteroatoms. The Labute approximate surface area is 166 Å². The summed E-state index contributed by atoms with van der Waals surface area (Å²) in [6, 6.07) is 10.9. The average Bonchev–Trinajstić information content (AvgIpc) is 3.03. The summed E-state index contributed by atoms with van der Waals surface area (Å²) in [6.07, 6.45) is 0.492. The van der Waals surface area contributed by atoms with Gasteiger partial charge in [-0.25, -0.2) is 0 Å². The largest absolute Gasteiger partial charge is 0.482 e. The summed E-state index contributed by atoms with van der Waals surface area (Å²) >= 11 is 11.8. The fourth-order valence-electron chi connectivity index (χ4n) is 2.47. The first-order chi connectivity index (χ1) is 12.9. The molecule has 0 aliphatic heterocycles. The van der Waals surface area contributed by atoms with Gasteiger partial charge in [-0.3, -0.25) is 10.1 Å². The van der Waals surface area contributed by atoms with Crippen molar-refractivity contribution in [3.63, 3.8) is 0 Å². The summed E-state index contributed by atoms with van der Waals surface area (Å²) in [5.41, 5.74) is 3.42. The molecule has 0 radical (unpaired) electrons. The standard InChI is InChI=1S/C19H17Cl2N3O3/c1-11-3-4-13(12(2)7-11)8-18-23-24-19(27-18)22-17(25)10-26-16-6-5-14(20)9-15(16)21/h3-7,9H,8,10H2,1-2H3,(H,22,24,25). The normalized spacial score (nSPS) is 10.7. The monoisotopic (exact) mass is 405 g/mol. The van der Waals surface area contributed by atoms with Gasteiger partial charge >= 0.3 is 6.01 Å². The van der Waals surface area contributed by atoms with E-state index < -0.39 is 5.91 Å². The van der Waals surface area contributed by atoms with E-state index in [0.717, 1.165) is 11.1 Å². The van der Waals surface area contributed by atoms with E-state index in [4.69, 9.17) is 32.4 Å². The summed E-state index contributed by atoms with van der Waals surface area (Å²) in [6.45, 7) is 3.81. The first-order valence-electron chi connectivity index (χ1n) is 8.17. The highest BCUT2D eigenvalue weighted by Gasteiger charge is 2.12. The number of anilines is 1. The minimum Gasteiger partial charge on any atom is -0.482 e. The van der Waals surface area contributed by atoms with Crippen LogP contribution in [0.2, 0.25) is 10.0 Å². The lowest BCUT2D eigenvalue weighted by Gasteiger charge is -2.07. The minimum atomic E-state index is -0.442. The van der Waals surface area contributed by atoms with Gasteiger partial charge in [0.1, 0.15) is 5.75 Å².